The van der Waals surface area contributed by atoms with E-state index in [1.807, 2.05) is 42.5 Å². The predicted octanol–water partition coefficient (Wildman–Crippen LogP) is 0.981. The van der Waals surface area contributed by atoms with Crippen LogP contribution in [0.1, 0.15) is 44.1 Å². The van der Waals surface area contributed by atoms with Gasteiger partial charge >= 0.3 is 0 Å². The van der Waals surface area contributed by atoms with E-state index in [2.05, 4.69) is 16.6 Å². The number of hydrogen-bond donors (Lipinski definition) is 4. The number of unbranched alkanes of at least 4 members (excludes halogenated alkanes) is 1. The van der Waals surface area contributed by atoms with Gasteiger partial charge in [0.1, 0.15) is 18.1 Å². The summed E-state index contributed by atoms with van der Waals surface area (Å²) in [4.78, 5) is 52.8. The van der Waals surface area contributed by atoms with Gasteiger partial charge in [0.2, 0.25) is 23.6 Å². The molecule has 9 nitrogen and oxygen atoms in total. The van der Waals surface area contributed by atoms with Crippen LogP contribution in [0, 0.1) is 12.3 Å². The van der Waals surface area contributed by atoms with Gasteiger partial charge in [-0.05, 0) is 55.0 Å². The second kappa shape index (κ2) is 13.4. The van der Waals surface area contributed by atoms with Crippen molar-refractivity contribution in [3.8, 4) is 12.3 Å². The van der Waals surface area contributed by atoms with Crippen molar-refractivity contribution < 1.29 is 19.2 Å². The first-order chi connectivity index (χ1) is 17.8. The Hall–Kier alpha value is -3.90. The standard InChI is InChI=1S/C28H35N5O4/c1-2-9-22(26(30)35)31-27(36)23(14-5-6-16-29)32-28(37)24-15-8-17-33(24)25(34)18-20-12-7-11-19-10-3-4-13-21(19)20/h1,3-4,7,10-13,22-24H,5-6,8-9,14-18,29H2,(H2,30,35)(H,31,36)(H,32,37). The zero-order valence-corrected chi connectivity index (χ0v) is 20.9. The number of hydrogen-bond acceptors (Lipinski definition) is 5. The fourth-order valence-corrected chi connectivity index (χ4v) is 4.69. The van der Waals surface area contributed by atoms with Crippen LogP contribution in [0.5, 0.6) is 0 Å². The molecule has 37 heavy (non-hydrogen) atoms. The van der Waals surface area contributed by atoms with Gasteiger partial charge in [-0.1, -0.05) is 42.5 Å². The lowest BCUT2D eigenvalue weighted by Gasteiger charge is -2.27. The van der Waals surface area contributed by atoms with Crippen LogP contribution in [0.4, 0.5) is 0 Å². The molecule has 0 aromatic heterocycles. The molecule has 0 saturated carbocycles. The predicted molar refractivity (Wildman–Crippen MR) is 142 cm³/mol. The van der Waals surface area contributed by atoms with Gasteiger partial charge in [-0.3, -0.25) is 19.2 Å². The van der Waals surface area contributed by atoms with Gasteiger partial charge in [-0.25, -0.2) is 0 Å². The summed E-state index contributed by atoms with van der Waals surface area (Å²) < 4.78 is 0. The minimum Gasteiger partial charge on any atom is -0.368 e. The number of nitrogens with two attached hydrogens (primary N) is 2. The number of amides is 4. The number of benzene rings is 2. The number of carbonyl (C=O) groups is 4. The number of rotatable bonds is 12. The summed E-state index contributed by atoms with van der Waals surface area (Å²) in [5, 5.41) is 7.39. The van der Waals surface area contributed by atoms with E-state index in [0.29, 0.717) is 45.2 Å². The van der Waals surface area contributed by atoms with Crippen LogP contribution in [-0.4, -0.2) is 59.7 Å². The molecular weight excluding hydrogens is 470 g/mol. The molecule has 9 heteroatoms. The minimum atomic E-state index is -1.03. The average molecular weight is 506 g/mol. The molecule has 3 rings (SSSR count). The Morgan fingerprint density at radius 1 is 1.05 bits per heavy atom. The molecule has 2 aromatic rings. The Morgan fingerprint density at radius 2 is 1.81 bits per heavy atom. The van der Waals surface area contributed by atoms with Crippen molar-refractivity contribution in [3.63, 3.8) is 0 Å². The van der Waals surface area contributed by atoms with Crippen LogP contribution in [0.15, 0.2) is 42.5 Å². The van der Waals surface area contributed by atoms with E-state index in [1.54, 1.807) is 4.90 Å². The van der Waals surface area contributed by atoms with E-state index in [9.17, 15) is 19.2 Å². The maximum absolute atomic E-state index is 13.3. The number of terminal acetylenes is 1. The highest BCUT2D eigenvalue weighted by Gasteiger charge is 2.36. The van der Waals surface area contributed by atoms with E-state index >= 15 is 0 Å². The number of carbonyl (C=O) groups excluding carboxylic acids is 4. The Kier molecular flexibility index (Phi) is 10.0. The van der Waals surface area contributed by atoms with Gasteiger partial charge < -0.3 is 27.0 Å². The second-order valence-corrected chi connectivity index (χ2v) is 9.28. The van der Waals surface area contributed by atoms with Crippen molar-refractivity contribution in [2.75, 3.05) is 13.1 Å². The molecule has 1 heterocycles. The summed E-state index contributed by atoms with van der Waals surface area (Å²) >= 11 is 0. The van der Waals surface area contributed by atoms with Crippen molar-refractivity contribution in [3.05, 3.63) is 48.0 Å². The molecule has 1 fully saturated rings. The Balaban J connectivity index is 1.70. The Labute approximate surface area is 217 Å². The summed E-state index contributed by atoms with van der Waals surface area (Å²) in [6, 6.07) is 11.1. The molecule has 1 aliphatic heterocycles. The van der Waals surface area contributed by atoms with E-state index in [0.717, 1.165) is 16.3 Å². The molecule has 0 bridgehead atoms. The Bertz CT molecular complexity index is 1170. The molecule has 6 N–H and O–H groups in total. The highest BCUT2D eigenvalue weighted by atomic mass is 16.2. The summed E-state index contributed by atoms with van der Waals surface area (Å²) in [6.45, 7) is 0.917. The molecule has 2 aromatic carbocycles. The van der Waals surface area contributed by atoms with Gasteiger partial charge in [-0.15, -0.1) is 12.3 Å². The van der Waals surface area contributed by atoms with Crippen molar-refractivity contribution in [1.82, 2.24) is 15.5 Å². The normalized spacial score (nSPS) is 16.5. The van der Waals surface area contributed by atoms with Crippen LogP contribution in [-0.2, 0) is 25.6 Å². The first kappa shape index (κ1) is 27.7. The van der Waals surface area contributed by atoms with Crippen molar-refractivity contribution in [2.24, 2.45) is 11.5 Å². The molecule has 0 aliphatic carbocycles. The topological polar surface area (TPSA) is 148 Å². The SMILES string of the molecule is C#CCC(NC(=O)C(CCCCN)NC(=O)C1CCCN1C(=O)Cc1cccc2ccccc12)C(N)=O. The van der Waals surface area contributed by atoms with Crippen molar-refractivity contribution in [2.45, 2.75) is 63.1 Å². The lowest BCUT2D eigenvalue weighted by atomic mass is 10.0. The molecular formula is C28H35N5O4. The lowest BCUT2D eigenvalue weighted by molar-refractivity contribution is -0.139. The summed E-state index contributed by atoms with van der Waals surface area (Å²) in [5.74, 6) is 0.484. The highest BCUT2D eigenvalue weighted by molar-refractivity contribution is 5.95. The van der Waals surface area contributed by atoms with Crippen molar-refractivity contribution in [1.29, 1.82) is 0 Å². The zero-order chi connectivity index (χ0) is 26.8. The second-order valence-electron chi connectivity index (χ2n) is 9.28. The highest BCUT2D eigenvalue weighted by Crippen LogP contribution is 2.23. The number of likely N-dealkylation sites (tertiary alicyclic amines) is 1. The van der Waals surface area contributed by atoms with E-state index in [4.69, 9.17) is 17.9 Å². The first-order valence-corrected chi connectivity index (χ1v) is 12.7. The fraction of sp³-hybridized carbons (Fsp3) is 0.429. The fourth-order valence-electron chi connectivity index (χ4n) is 4.69. The lowest BCUT2D eigenvalue weighted by Crippen LogP contribution is -2.56. The summed E-state index contributed by atoms with van der Waals surface area (Å²) in [7, 11) is 0. The number of primary amides is 1. The van der Waals surface area contributed by atoms with E-state index in [-0.39, 0.29) is 18.7 Å². The van der Waals surface area contributed by atoms with Crippen LogP contribution in [0.2, 0.25) is 0 Å². The molecule has 3 unspecified atom stereocenters. The average Bonchev–Trinajstić information content (AvgIpc) is 3.38. The smallest absolute Gasteiger partial charge is 0.243 e. The third kappa shape index (κ3) is 7.30. The summed E-state index contributed by atoms with van der Waals surface area (Å²) in [5.41, 5.74) is 11.8. The molecule has 0 radical (unpaired) electrons. The van der Waals surface area contributed by atoms with Crippen LogP contribution in [0.25, 0.3) is 10.8 Å². The van der Waals surface area contributed by atoms with Gasteiger partial charge in [0.05, 0.1) is 6.42 Å². The van der Waals surface area contributed by atoms with Crippen LogP contribution < -0.4 is 22.1 Å². The first-order valence-electron chi connectivity index (χ1n) is 12.7. The molecule has 0 spiro atoms. The largest absolute Gasteiger partial charge is 0.368 e. The number of nitrogens with zero attached hydrogens (tertiary/aromatic N) is 1. The monoisotopic (exact) mass is 505 g/mol. The van der Waals surface area contributed by atoms with Gasteiger partial charge in [0.15, 0.2) is 0 Å². The number of fused-ring (bicyclic) bond motifs is 1. The molecule has 1 saturated heterocycles. The maximum Gasteiger partial charge on any atom is 0.243 e. The van der Waals surface area contributed by atoms with Gasteiger partial charge in [0.25, 0.3) is 0 Å². The minimum absolute atomic E-state index is 0.0520. The molecule has 1 aliphatic rings. The van der Waals surface area contributed by atoms with Crippen molar-refractivity contribution >= 4 is 34.4 Å². The third-order valence-corrected chi connectivity index (χ3v) is 6.66. The Morgan fingerprint density at radius 3 is 2.54 bits per heavy atom. The third-order valence-electron chi connectivity index (χ3n) is 6.66. The zero-order valence-electron chi connectivity index (χ0n) is 20.9. The van der Waals surface area contributed by atoms with E-state index < -0.39 is 35.8 Å². The summed E-state index contributed by atoms with van der Waals surface area (Å²) in [6.07, 6.45) is 8.19. The van der Waals surface area contributed by atoms with Gasteiger partial charge in [0, 0.05) is 13.0 Å². The van der Waals surface area contributed by atoms with Gasteiger partial charge in [-0.2, -0.15) is 0 Å². The molecule has 196 valence electrons. The van der Waals surface area contributed by atoms with Crippen LogP contribution in [0.3, 0.4) is 0 Å². The maximum atomic E-state index is 13.3. The molecule has 3 atom stereocenters. The molecule has 4 amide bonds. The van der Waals surface area contributed by atoms with E-state index in [1.165, 1.54) is 0 Å². The quantitative estimate of drug-likeness (QED) is 0.251. The number of nitrogens with one attached hydrogen (secondary N) is 2. The van der Waals surface area contributed by atoms with Crippen LogP contribution >= 0.6 is 0 Å².